The third kappa shape index (κ3) is 4.12. The predicted molar refractivity (Wildman–Crippen MR) is 115 cm³/mol. The topological polar surface area (TPSA) is 58.6 Å². The minimum atomic E-state index is 0.206. The summed E-state index contributed by atoms with van der Waals surface area (Å²) in [5.74, 6) is 1.01. The van der Waals surface area contributed by atoms with Gasteiger partial charge in [0.15, 0.2) is 5.13 Å². The number of thiazole rings is 1. The Kier molecular flexibility index (Phi) is 5.77. The van der Waals surface area contributed by atoms with E-state index in [2.05, 4.69) is 30.8 Å². The summed E-state index contributed by atoms with van der Waals surface area (Å²) < 4.78 is 6.17. The van der Waals surface area contributed by atoms with Gasteiger partial charge in [0.2, 0.25) is 5.91 Å². The first kappa shape index (κ1) is 19.1. The highest BCUT2D eigenvalue weighted by Gasteiger charge is 2.23. The van der Waals surface area contributed by atoms with Crippen LogP contribution >= 0.6 is 27.3 Å². The Balaban J connectivity index is 1.30. The van der Waals surface area contributed by atoms with Gasteiger partial charge in [-0.1, -0.05) is 17.4 Å². The van der Waals surface area contributed by atoms with Crippen LogP contribution in [0.5, 0.6) is 5.75 Å². The molecule has 1 aliphatic rings. The van der Waals surface area contributed by atoms with E-state index in [1.165, 1.54) is 0 Å². The number of benzene rings is 1. The highest BCUT2D eigenvalue weighted by molar-refractivity contribution is 9.10. The van der Waals surface area contributed by atoms with Gasteiger partial charge in [-0.2, -0.15) is 0 Å². The van der Waals surface area contributed by atoms with E-state index in [1.54, 1.807) is 24.6 Å². The quantitative estimate of drug-likeness (QED) is 0.580. The van der Waals surface area contributed by atoms with Gasteiger partial charge in [0, 0.05) is 38.8 Å². The molecule has 0 saturated carbocycles. The molecule has 0 bridgehead atoms. The molecule has 0 N–H and O–H groups in total. The monoisotopic (exact) mass is 460 g/mol. The summed E-state index contributed by atoms with van der Waals surface area (Å²) in [6, 6.07) is 9.85. The van der Waals surface area contributed by atoms with Crippen molar-refractivity contribution in [3.63, 3.8) is 0 Å². The molecular weight excluding hydrogens is 440 g/mol. The maximum absolute atomic E-state index is 12.6. The first-order valence-corrected chi connectivity index (χ1v) is 10.8. The van der Waals surface area contributed by atoms with Gasteiger partial charge >= 0.3 is 0 Å². The van der Waals surface area contributed by atoms with Crippen molar-refractivity contribution in [3.8, 4) is 5.75 Å². The average Bonchev–Trinajstić information content (AvgIpc) is 3.16. The normalized spacial score (nSPS) is 14.5. The number of hydrogen-bond donors (Lipinski definition) is 0. The van der Waals surface area contributed by atoms with Crippen LogP contribution in [0.1, 0.15) is 12.0 Å². The minimum absolute atomic E-state index is 0.206. The van der Waals surface area contributed by atoms with E-state index in [9.17, 15) is 4.79 Å². The number of nitrogens with zero attached hydrogens (tertiary/aromatic N) is 4. The number of aryl methyl sites for hydroxylation is 1. The molecule has 28 heavy (non-hydrogen) atoms. The van der Waals surface area contributed by atoms with Gasteiger partial charge < -0.3 is 14.5 Å². The summed E-state index contributed by atoms with van der Waals surface area (Å²) in [6.45, 7) is 3.07. The Labute approximate surface area is 176 Å². The molecule has 3 aromatic rings. The van der Waals surface area contributed by atoms with Crippen LogP contribution < -0.4 is 9.64 Å². The predicted octanol–water partition coefficient (Wildman–Crippen LogP) is 3.74. The Hall–Kier alpha value is -2.19. The van der Waals surface area contributed by atoms with Crippen LogP contribution in [-0.4, -0.2) is 54.1 Å². The number of pyridine rings is 1. The number of amides is 1. The van der Waals surface area contributed by atoms with Crippen molar-refractivity contribution in [1.82, 2.24) is 14.9 Å². The van der Waals surface area contributed by atoms with Crippen molar-refractivity contribution in [1.29, 1.82) is 0 Å². The molecule has 3 heterocycles. The number of rotatable bonds is 5. The van der Waals surface area contributed by atoms with Crippen LogP contribution in [0, 0.1) is 0 Å². The SMILES string of the molecule is COc1ccc(CCC(=O)N2CCN(c3nc4cccnc4s3)CC2)cc1Br. The largest absolute Gasteiger partial charge is 0.496 e. The smallest absolute Gasteiger partial charge is 0.223 e. The summed E-state index contributed by atoms with van der Waals surface area (Å²) in [5.41, 5.74) is 2.06. The second-order valence-electron chi connectivity index (χ2n) is 6.66. The number of fused-ring (bicyclic) bond motifs is 1. The Morgan fingerprint density at radius 3 is 2.79 bits per heavy atom. The van der Waals surface area contributed by atoms with Crippen LogP contribution in [0.2, 0.25) is 0 Å². The fraction of sp³-hybridized carbons (Fsp3) is 0.350. The van der Waals surface area contributed by atoms with E-state index in [4.69, 9.17) is 4.74 Å². The number of methoxy groups -OCH3 is 1. The molecule has 8 heteroatoms. The summed E-state index contributed by atoms with van der Waals surface area (Å²) >= 11 is 5.11. The second-order valence-corrected chi connectivity index (χ2v) is 8.47. The molecule has 1 aliphatic heterocycles. The average molecular weight is 461 g/mol. The van der Waals surface area contributed by atoms with Crippen LogP contribution in [0.15, 0.2) is 41.0 Å². The van der Waals surface area contributed by atoms with Gasteiger partial charge in [0.05, 0.1) is 11.6 Å². The molecule has 1 amide bonds. The molecule has 0 aliphatic carbocycles. The fourth-order valence-corrected chi connectivity index (χ4v) is 4.86. The summed E-state index contributed by atoms with van der Waals surface area (Å²) in [6.07, 6.45) is 3.04. The number of aromatic nitrogens is 2. The van der Waals surface area contributed by atoms with Crippen molar-refractivity contribution >= 4 is 48.7 Å². The zero-order chi connectivity index (χ0) is 19.5. The van der Waals surface area contributed by atoms with Gasteiger partial charge in [-0.05, 0) is 52.2 Å². The van der Waals surface area contributed by atoms with E-state index in [0.717, 1.165) is 63.9 Å². The first-order chi connectivity index (χ1) is 13.6. The lowest BCUT2D eigenvalue weighted by Gasteiger charge is -2.34. The van der Waals surface area contributed by atoms with E-state index >= 15 is 0 Å². The van der Waals surface area contributed by atoms with E-state index in [1.807, 2.05) is 35.2 Å². The lowest BCUT2D eigenvalue weighted by atomic mass is 10.1. The molecule has 0 atom stereocenters. The van der Waals surface area contributed by atoms with Gasteiger partial charge in [0.25, 0.3) is 0 Å². The number of carbonyl (C=O) groups is 1. The maximum atomic E-state index is 12.6. The highest BCUT2D eigenvalue weighted by atomic mass is 79.9. The molecule has 146 valence electrons. The van der Waals surface area contributed by atoms with E-state index < -0.39 is 0 Å². The number of halogens is 1. The maximum Gasteiger partial charge on any atom is 0.223 e. The molecule has 1 saturated heterocycles. The molecule has 2 aromatic heterocycles. The first-order valence-electron chi connectivity index (χ1n) is 9.21. The zero-order valence-electron chi connectivity index (χ0n) is 15.6. The zero-order valence-corrected chi connectivity index (χ0v) is 18.0. The highest BCUT2D eigenvalue weighted by Crippen LogP contribution is 2.28. The van der Waals surface area contributed by atoms with Crippen LogP contribution in [0.25, 0.3) is 10.3 Å². The van der Waals surface area contributed by atoms with Crippen LogP contribution in [0.3, 0.4) is 0 Å². The van der Waals surface area contributed by atoms with Crippen molar-refractivity contribution in [2.45, 2.75) is 12.8 Å². The molecule has 6 nitrogen and oxygen atoms in total. The molecule has 0 unspecified atom stereocenters. The van der Waals surface area contributed by atoms with Gasteiger partial charge in [-0.3, -0.25) is 4.79 Å². The standard InChI is InChI=1S/C20H21BrN4O2S/c1-27-17-6-4-14(13-15(17)21)5-7-18(26)24-9-11-25(12-10-24)20-23-16-3-2-8-22-19(16)28-20/h2-4,6,8,13H,5,7,9-12H2,1H3. The van der Waals surface area contributed by atoms with Crippen molar-refractivity contribution in [2.75, 3.05) is 38.2 Å². The van der Waals surface area contributed by atoms with Crippen LogP contribution in [0.4, 0.5) is 5.13 Å². The molecule has 4 rings (SSSR count). The molecule has 0 radical (unpaired) electrons. The lowest BCUT2D eigenvalue weighted by Crippen LogP contribution is -2.48. The van der Waals surface area contributed by atoms with Crippen molar-refractivity contribution in [2.24, 2.45) is 0 Å². The number of hydrogen-bond acceptors (Lipinski definition) is 6. The third-order valence-electron chi connectivity index (χ3n) is 4.90. The van der Waals surface area contributed by atoms with E-state index in [0.29, 0.717) is 6.42 Å². The van der Waals surface area contributed by atoms with Crippen molar-refractivity contribution in [3.05, 3.63) is 46.6 Å². The minimum Gasteiger partial charge on any atom is -0.496 e. The molecule has 1 fully saturated rings. The summed E-state index contributed by atoms with van der Waals surface area (Å²) in [5, 5.41) is 0.990. The van der Waals surface area contributed by atoms with Gasteiger partial charge in [0.1, 0.15) is 16.1 Å². The Morgan fingerprint density at radius 1 is 1.25 bits per heavy atom. The number of anilines is 1. The molecule has 0 spiro atoms. The third-order valence-corrected chi connectivity index (χ3v) is 6.56. The van der Waals surface area contributed by atoms with E-state index in [-0.39, 0.29) is 5.91 Å². The number of piperazine rings is 1. The number of carbonyl (C=O) groups excluding carboxylic acids is 1. The second kappa shape index (κ2) is 8.45. The number of ether oxygens (including phenoxy) is 1. The van der Waals surface area contributed by atoms with Gasteiger partial charge in [-0.15, -0.1) is 0 Å². The lowest BCUT2D eigenvalue weighted by molar-refractivity contribution is -0.131. The Bertz CT molecular complexity index is 952. The molecular formula is C20H21BrN4O2S. The van der Waals surface area contributed by atoms with Gasteiger partial charge in [-0.25, -0.2) is 9.97 Å². The fourth-order valence-electron chi connectivity index (χ4n) is 3.32. The summed E-state index contributed by atoms with van der Waals surface area (Å²) in [4.78, 5) is 26.8. The Morgan fingerprint density at radius 2 is 2.07 bits per heavy atom. The van der Waals surface area contributed by atoms with Crippen LogP contribution in [-0.2, 0) is 11.2 Å². The van der Waals surface area contributed by atoms with Crippen molar-refractivity contribution < 1.29 is 9.53 Å². The molecule has 1 aromatic carbocycles. The summed E-state index contributed by atoms with van der Waals surface area (Å²) in [7, 11) is 1.65.